The summed E-state index contributed by atoms with van der Waals surface area (Å²) in [5.41, 5.74) is 1.85. The van der Waals surface area contributed by atoms with Gasteiger partial charge in [0.2, 0.25) is 9.05 Å². The Kier molecular flexibility index (Phi) is 4.47. The Bertz CT molecular complexity index is 571. The predicted molar refractivity (Wildman–Crippen MR) is 74.7 cm³/mol. The van der Waals surface area contributed by atoms with E-state index in [4.69, 9.17) is 10.7 Å². The topological polar surface area (TPSA) is 54.5 Å². The normalized spacial score (nSPS) is 14.8. The molecule has 1 amide bonds. The van der Waals surface area contributed by atoms with E-state index in [1.165, 1.54) is 0 Å². The summed E-state index contributed by atoms with van der Waals surface area (Å²) in [5, 5.41) is 0. The highest BCUT2D eigenvalue weighted by Gasteiger charge is 2.25. The number of hydrogen-bond donors (Lipinski definition) is 0. The van der Waals surface area contributed by atoms with Crippen LogP contribution in [0.2, 0.25) is 0 Å². The van der Waals surface area contributed by atoms with Gasteiger partial charge >= 0.3 is 0 Å². The second kappa shape index (κ2) is 5.92. The summed E-state index contributed by atoms with van der Waals surface area (Å²) in [4.78, 5) is 13.8. The van der Waals surface area contributed by atoms with Gasteiger partial charge in [-0.25, -0.2) is 8.42 Å². The van der Waals surface area contributed by atoms with Crippen molar-refractivity contribution in [1.29, 1.82) is 0 Å². The maximum atomic E-state index is 12.0. The second-order valence-electron chi connectivity index (χ2n) is 4.69. The molecule has 0 spiro atoms. The number of carbonyl (C=O) groups excluding carboxylic acids is 1. The quantitative estimate of drug-likeness (QED) is 0.599. The Balaban J connectivity index is 1.76. The first-order valence-electron chi connectivity index (χ1n) is 6.27. The molecular formula is C13H16ClNO3S. The van der Waals surface area contributed by atoms with Crippen LogP contribution in [0.5, 0.6) is 0 Å². The summed E-state index contributed by atoms with van der Waals surface area (Å²) in [6.45, 7) is 1.32. The lowest BCUT2D eigenvalue weighted by Gasteiger charge is -2.15. The maximum absolute atomic E-state index is 12.0. The molecule has 0 saturated heterocycles. The SMILES string of the molecule is O=C1c2ccccc2CN1CCCCCS(=O)(=O)Cl. The number of halogens is 1. The maximum Gasteiger partial charge on any atom is 0.254 e. The fourth-order valence-corrected chi connectivity index (χ4v) is 3.13. The van der Waals surface area contributed by atoms with E-state index < -0.39 is 9.05 Å². The molecule has 0 aromatic heterocycles. The lowest BCUT2D eigenvalue weighted by atomic mass is 10.1. The van der Waals surface area contributed by atoms with Crippen molar-refractivity contribution in [3.8, 4) is 0 Å². The minimum absolute atomic E-state index is 0.00271. The number of hydrogen-bond acceptors (Lipinski definition) is 3. The minimum Gasteiger partial charge on any atom is -0.334 e. The highest BCUT2D eigenvalue weighted by molar-refractivity contribution is 8.13. The van der Waals surface area contributed by atoms with Gasteiger partial charge in [-0.15, -0.1) is 0 Å². The summed E-state index contributed by atoms with van der Waals surface area (Å²) >= 11 is 0. The molecule has 0 bridgehead atoms. The molecule has 4 nitrogen and oxygen atoms in total. The van der Waals surface area contributed by atoms with E-state index in [2.05, 4.69) is 0 Å². The summed E-state index contributed by atoms with van der Waals surface area (Å²) in [6.07, 6.45) is 2.10. The van der Waals surface area contributed by atoms with Gasteiger partial charge in [0.05, 0.1) is 5.75 Å². The zero-order chi connectivity index (χ0) is 13.9. The molecule has 2 rings (SSSR count). The van der Waals surface area contributed by atoms with Gasteiger partial charge in [0.1, 0.15) is 0 Å². The van der Waals surface area contributed by atoms with Crippen LogP contribution in [-0.2, 0) is 15.6 Å². The molecule has 6 heteroatoms. The third-order valence-electron chi connectivity index (χ3n) is 3.21. The molecule has 1 aromatic carbocycles. The molecule has 1 heterocycles. The highest BCUT2D eigenvalue weighted by Crippen LogP contribution is 2.22. The van der Waals surface area contributed by atoms with Crippen molar-refractivity contribution in [2.75, 3.05) is 12.3 Å². The number of nitrogens with zero attached hydrogens (tertiary/aromatic N) is 1. The molecule has 1 aromatic rings. The van der Waals surface area contributed by atoms with E-state index in [0.29, 0.717) is 19.5 Å². The summed E-state index contributed by atoms with van der Waals surface area (Å²) in [7, 11) is 1.74. The summed E-state index contributed by atoms with van der Waals surface area (Å²) in [5.74, 6) is 0.0727. The zero-order valence-corrected chi connectivity index (χ0v) is 12.1. The smallest absolute Gasteiger partial charge is 0.254 e. The van der Waals surface area contributed by atoms with Crippen LogP contribution in [0.25, 0.3) is 0 Å². The van der Waals surface area contributed by atoms with Crippen molar-refractivity contribution < 1.29 is 13.2 Å². The van der Waals surface area contributed by atoms with Gasteiger partial charge in [-0.05, 0) is 24.5 Å². The Labute approximate surface area is 117 Å². The van der Waals surface area contributed by atoms with Gasteiger partial charge in [0, 0.05) is 29.3 Å². The van der Waals surface area contributed by atoms with Crippen LogP contribution in [0.15, 0.2) is 24.3 Å². The fourth-order valence-electron chi connectivity index (χ4n) is 2.25. The average Bonchev–Trinajstić information content (AvgIpc) is 2.65. The summed E-state index contributed by atoms with van der Waals surface area (Å²) in [6, 6.07) is 7.61. The van der Waals surface area contributed by atoms with Crippen LogP contribution in [-0.4, -0.2) is 31.5 Å². The molecular weight excluding hydrogens is 286 g/mol. The molecule has 0 saturated carbocycles. The van der Waals surface area contributed by atoms with Crippen LogP contribution < -0.4 is 0 Å². The minimum atomic E-state index is -3.39. The largest absolute Gasteiger partial charge is 0.334 e. The lowest BCUT2D eigenvalue weighted by molar-refractivity contribution is 0.0775. The predicted octanol–water partition coefficient (Wildman–Crippen LogP) is 2.38. The lowest BCUT2D eigenvalue weighted by Crippen LogP contribution is -2.25. The Morgan fingerprint density at radius 3 is 2.58 bits per heavy atom. The van der Waals surface area contributed by atoms with Crippen LogP contribution in [0.4, 0.5) is 0 Å². The molecule has 0 atom stereocenters. The number of unbranched alkanes of at least 4 members (excludes halogenated alkanes) is 2. The van der Waals surface area contributed by atoms with Gasteiger partial charge in [-0.3, -0.25) is 4.79 Å². The van der Waals surface area contributed by atoms with E-state index in [9.17, 15) is 13.2 Å². The van der Waals surface area contributed by atoms with E-state index in [1.54, 1.807) is 4.90 Å². The standard InChI is InChI=1S/C13H16ClNO3S/c14-19(17,18)9-5-1-4-8-15-10-11-6-2-3-7-12(11)13(15)16/h2-3,6-7H,1,4-5,8-10H2. The zero-order valence-electron chi connectivity index (χ0n) is 10.5. The molecule has 104 valence electrons. The molecule has 0 aliphatic carbocycles. The van der Waals surface area contributed by atoms with E-state index in [0.717, 1.165) is 24.0 Å². The Morgan fingerprint density at radius 1 is 1.16 bits per heavy atom. The first-order valence-corrected chi connectivity index (χ1v) is 8.75. The number of rotatable bonds is 6. The third-order valence-corrected chi connectivity index (χ3v) is 4.45. The highest BCUT2D eigenvalue weighted by atomic mass is 35.7. The van der Waals surface area contributed by atoms with E-state index in [-0.39, 0.29) is 11.7 Å². The van der Waals surface area contributed by atoms with Crippen LogP contribution >= 0.6 is 10.7 Å². The second-order valence-corrected chi connectivity index (χ2v) is 7.58. The molecule has 0 radical (unpaired) electrons. The van der Waals surface area contributed by atoms with Crippen molar-refractivity contribution in [3.63, 3.8) is 0 Å². The van der Waals surface area contributed by atoms with Gasteiger partial charge in [-0.2, -0.15) is 0 Å². The first kappa shape index (κ1) is 14.3. The van der Waals surface area contributed by atoms with Crippen molar-refractivity contribution in [1.82, 2.24) is 4.90 Å². The van der Waals surface area contributed by atoms with Crippen molar-refractivity contribution in [3.05, 3.63) is 35.4 Å². The van der Waals surface area contributed by atoms with E-state index in [1.807, 2.05) is 24.3 Å². The van der Waals surface area contributed by atoms with Gasteiger partial charge in [0.25, 0.3) is 5.91 Å². The molecule has 0 unspecified atom stereocenters. The molecule has 0 N–H and O–H groups in total. The summed E-state index contributed by atoms with van der Waals surface area (Å²) < 4.78 is 21.5. The number of carbonyl (C=O) groups is 1. The molecule has 0 fully saturated rings. The molecule has 1 aliphatic heterocycles. The number of benzene rings is 1. The van der Waals surface area contributed by atoms with Gasteiger partial charge < -0.3 is 4.90 Å². The van der Waals surface area contributed by atoms with Crippen LogP contribution in [0, 0.1) is 0 Å². The fraction of sp³-hybridized carbons (Fsp3) is 0.462. The monoisotopic (exact) mass is 301 g/mol. The number of fused-ring (bicyclic) bond motifs is 1. The molecule has 19 heavy (non-hydrogen) atoms. The third kappa shape index (κ3) is 3.94. The van der Waals surface area contributed by atoms with Gasteiger partial charge in [0.15, 0.2) is 0 Å². The van der Waals surface area contributed by atoms with Crippen molar-refractivity contribution >= 4 is 25.6 Å². The Hall–Kier alpha value is -1.07. The van der Waals surface area contributed by atoms with Gasteiger partial charge in [-0.1, -0.05) is 24.6 Å². The van der Waals surface area contributed by atoms with Crippen molar-refractivity contribution in [2.24, 2.45) is 0 Å². The van der Waals surface area contributed by atoms with Crippen LogP contribution in [0.3, 0.4) is 0 Å². The van der Waals surface area contributed by atoms with Crippen LogP contribution in [0.1, 0.15) is 35.2 Å². The Morgan fingerprint density at radius 2 is 1.89 bits per heavy atom. The van der Waals surface area contributed by atoms with E-state index >= 15 is 0 Å². The molecule has 1 aliphatic rings. The number of amides is 1. The van der Waals surface area contributed by atoms with Crippen molar-refractivity contribution in [2.45, 2.75) is 25.8 Å². The first-order chi connectivity index (χ1) is 8.97. The average molecular weight is 302 g/mol.